The summed E-state index contributed by atoms with van der Waals surface area (Å²) < 4.78 is 1.33. The first-order valence-corrected chi connectivity index (χ1v) is 7.02. The second kappa shape index (κ2) is 4.47. The van der Waals surface area contributed by atoms with E-state index in [-0.39, 0.29) is 5.54 Å². The Kier molecular flexibility index (Phi) is 2.94. The van der Waals surface area contributed by atoms with Crippen LogP contribution < -0.4 is 0 Å². The Morgan fingerprint density at radius 2 is 2.22 bits per heavy atom. The van der Waals surface area contributed by atoms with Gasteiger partial charge in [0.15, 0.2) is 0 Å². The third-order valence-corrected chi connectivity index (χ3v) is 4.40. The van der Waals surface area contributed by atoms with Crippen molar-refractivity contribution in [3.63, 3.8) is 0 Å². The Hall–Kier alpha value is -1.22. The lowest BCUT2D eigenvalue weighted by Crippen LogP contribution is -2.49. The molecule has 0 amide bonds. The van der Waals surface area contributed by atoms with E-state index < -0.39 is 0 Å². The van der Waals surface area contributed by atoms with E-state index in [1.807, 2.05) is 6.07 Å². The van der Waals surface area contributed by atoms with Gasteiger partial charge in [-0.15, -0.1) is 0 Å². The van der Waals surface area contributed by atoms with Crippen LogP contribution in [0.15, 0.2) is 24.3 Å². The maximum Gasteiger partial charge on any atom is 0.248 e. The SMILES string of the molecule is CCCN1CCCC2(C1)c1ccccc1C[N+]2=O. The van der Waals surface area contributed by atoms with Crippen LogP contribution in [0.4, 0.5) is 0 Å². The standard InChI is InChI=1S/C15H21N2O/c1-2-9-16-10-5-8-15(12-16)14-7-4-3-6-13(14)11-17(15)18/h3-4,6-7H,2,5,8-12H2,1H3/q+1. The smallest absolute Gasteiger partial charge is 0.248 e. The molecule has 0 N–H and O–H groups in total. The van der Waals surface area contributed by atoms with E-state index in [1.54, 1.807) is 0 Å². The molecule has 96 valence electrons. The summed E-state index contributed by atoms with van der Waals surface area (Å²) in [6.45, 7) is 5.93. The quantitative estimate of drug-likeness (QED) is 0.748. The fourth-order valence-electron chi connectivity index (χ4n) is 3.61. The third-order valence-electron chi connectivity index (χ3n) is 4.40. The summed E-state index contributed by atoms with van der Waals surface area (Å²) in [4.78, 5) is 14.9. The van der Waals surface area contributed by atoms with Crippen molar-refractivity contribution in [3.8, 4) is 0 Å². The first kappa shape index (κ1) is 11.8. The van der Waals surface area contributed by atoms with E-state index in [1.165, 1.54) is 15.9 Å². The van der Waals surface area contributed by atoms with Gasteiger partial charge in [0, 0.05) is 27.2 Å². The molecule has 2 aliphatic heterocycles. The van der Waals surface area contributed by atoms with Gasteiger partial charge < -0.3 is 0 Å². The number of hydrogen-bond acceptors (Lipinski definition) is 2. The van der Waals surface area contributed by atoms with Gasteiger partial charge in [0.1, 0.15) is 0 Å². The number of likely N-dealkylation sites (tertiary alicyclic amines) is 1. The van der Waals surface area contributed by atoms with Gasteiger partial charge in [0.2, 0.25) is 12.1 Å². The van der Waals surface area contributed by atoms with Crippen LogP contribution in [0.25, 0.3) is 0 Å². The fourth-order valence-corrected chi connectivity index (χ4v) is 3.61. The molecule has 3 nitrogen and oxygen atoms in total. The Morgan fingerprint density at radius 3 is 3.06 bits per heavy atom. The number of nitroso groups, excluding NO2 is 1. The van der Waals surface area contributed by atoms with Crippen molar-refractivity contribution in [1.29, 1.82) is 0 Å². The van der Waals surface area contributed by atoms with Crippen LogP contribution in [-0.4, -0.2) is 29.3 Å². The average Bonchev–Trinajstić information content (AvgIpc) is 2.64. The normalized spacial score (nSPS) is 27.7. The molecule has 1 atom stereocenters. The van der Waals surface area contributed by atoms with Gasteiger partial charge in [-0.3, -0.25) is 4.90 Å². The van der Waals surface area contributed by atoms with Crippen molar-refractivity contribution in [2.45, 2.75) is 38.3 Å². The van der Waals surface area contributed by atoms with Crippen LogP contribution in [0.1, 0.15) is 37.3 Å². The van der Waals surface area contributed by atoms with Gasteiger partial charge in [-0.1, -0.05) is 31.2 Å². The molecule has 0 aromatic heterocycles. The van der Waals surface area contributed by atoms with E-state index in [4.69, 9.17) is 0 Å². The summed E-state index contributed by atoms with van der Waals surface area (Å²) in [5.74, 6) is 0. The van der Waals surface area contributed by atoms with E-state index in [0.29, 0.717) is 6.54 Å². The molecule has 3 heteroatoms. The third kappa shape index (κ3) is 1.69. The summed E-state index contributed by atoms with van der Waals surface area (Å²) in [5.41, 5.74) is 2.25. The van der Waals surface area contributed by atoms with E-state index >= 15 is 0 Å². The number of benzene rings is 1. The molecular weight excluding hydrogens is 224 g/mol. The summed E-state index contributed by atoms with van der Waals surface area (Å²) in [5, 5.41) is 0. The minimum absolute atomic E-state index is 0.260. The minimum Gasteiger partial charge on any atom is -0.296 e. The maximum absolute atomic E-state index is 12.4. The van der Waals surface area contributed by atoms with Crippen molar-refractivity contribution in [2.24, 2.45) is 0 Å². The molecule has 1 spiro atoms. The number of piperidine rings is 1. The van der Waals surface area contributed by atoms with Gasteiger partial charge >= 0.3 is 0 Å². The highest BCUT2D eigenvalue weighted by Gasteiger charge is 2.55. The van der Waals surface area contributed by atoms with E-state index in [0.717, 1.165) is 38.9 Å². The van der Waals surface area contributed by atoms with E-state index in [9.17, 15) is 4.91 Å². The molecule has 0 aliphatic carbocycles. The highest BCUT2D eigenvalue weighted by atomic mass is 16.3. The Labute approximate surface area is 108 Å². The van der Waals surface area contributed by atoms with Gasteiger partial charge in [0.05, 0.1) is 6.54 Å². The molecule has 0 bridgehead atoms. The minimum atomic E-state index is -0.260. The van der Waals surface area contributed by atoms with Gasteiger partial charge in [-0.25, -0.2) is 0 Å². The Bertz CT molecular complexity index is 469. The molecular formula is C15H21N2O+. The zero-order valence-electron chi connectivity index (χ0n) is 11.1. The van der Waals surface area contributed by atoms with Crippen molar-refractivity contribution < 1.29 is 4.76 Å². The zero-order valence-corrected chi connectivity index (χ0v) is 11.1. The predicted molar refractivity (Wildman–Crippen MR) is 71.4 cm³/mol. The highest BCUT2D eigenvalue weighted by molar-refractivity contribution is 5.35. The van der Waals surface area contributed by atoms with Gasteiger partial charge in [0.25, 0.3) is 0 Å². The number of fused-ring (bicyclic) bond motifs is 2. The molecule has 1 unspecified atom stereocenters. The predicted octanol–water partition coefficient (Wildman–Crippen LogP) is 2.68. The van der Waals surface area contributed by atoms with Crippen LogP contribution in [-0.2, 0) is 12.1 Å². The molecule has 1 aromatic rings. The number of hydrogen-bond donors (Lipinski definition) is 0. The second-order valence-electron chi connectivity index (χ2n) is 5.61. The first-order chi connectivity index (χ1) is 8.76. The van der Waals surface area contributed by atoms with Crippen LogP contribution >= 0.6 is 0 Å². The summed E-state index contributed by atoms with van der Waals surface area (Å²) in [6.07, 6.45) is 3.30. The first-order valence-electron chi connectivity index (χ1n) is 7.02. The molecule has 3 rings (SSSR count). The van der Waals surface area contributed by atoms with Gasteiger partial charge in [-0.2, -0.15) is 0 Å². The van der Waals surface area contributed by atoms with Crippen LogP contribution in [0.3, 0.4) is 0 Å². The maximum atomic E-state index is 12.4. The van der Waals surface area contributed by atoms with Crippen molar-refractivity contribution in [3.05, 3.63) is 40.3 Å². The molecule has 1 fully saturated rings. The van der Waals surface area contributed by atoms with Crippen LogP contribution in [0.5, 0.6) is 0 Å². The lowest BCUT2D eigenvalue weighted by atomic mass is 9.83. The highest BCUT2D eigenvalue weighted by Crippen LogP contribution is 2.42. The van der Waals surface area contributed by atoms with Crippen molar-refractivity contribution >= 4 is 0 Å². The van der Waals surface area contributed by atoms with Gasteiger partial charge in [-0.05, 0) is 25.9 Å². The lowest BCUT2D eigenvalue weighted by molar-refractivity contribution is -0.643. The summed E-state index contributed by atoms with van der Waals surface area (Å²) >= 11 is 0. The van der Waals surface area contributed by atoms with Crippen molar-refractivity contribution in [2.75, 3.05) is 19.6 Å². The van der Waals surface area contributed by atoms with Crippen molar-refractivity contribution in [1.82, 2.24) is 4.90 Å². The molecule has 1 aromatic carbocycles. The number of nitrogens with zero attached hydrogens (tertiary/aromatic N) is 2. The Balaban J connectivity index is 1.96. The summed E-state index contributed by atoms with van der Waals surface area (Å²) in [6, 6.07) is 8.37. The Morgan fingerprint density at radius 1 is 1.39 bits per heavy atom. The average molecular weight is 245 g/mol. The molecule has 18 heavy (non-hydrogen) atoms. The molecule has 1 saturated heterocycles. The molecule has 2 aliphatic rings. The van der Waals surface area contributed by atoms with E-state index in [2.05, 4.69) is 30.0 Å². The van der Waals surface area contributed by atoms with Crippen LogP contribution in [0, 0.1) is 4.91 Å². The number of rotatable bonds is 2. The second-order valence-corrected chi connectivity index (χ2v) is 5.61. The molecule has 0 radical (unpaired) electrons. The molecule has 0 saturated carbocycles. The summed E-state index contributed by atoms with van der Waals surface area (Å²) in [7, 11) is 0. The fraction of sp³-hybridized carbons (Fsp3) is 0.600. The topological polar surface area (TPSA) is 23.3 Å². The monoisotopic (exact) mass is 245 g/mol. The lowest BCUT2D eigenvalue weighted by Gasteiger charge is -2.34. The molecule has 2 heterocycles. The zero-order chi connectivity index (χ0) is 12.6. The van der Waals surface area contributed by atoms with Crippen LogP contribution in [0.2, 0.25) is 0 Å². The largest absolute Gasteiger partial charge is 0.296 e.